The molecule has 1 unspecified atom stereocenters. The molecule has 1 saturated heterocycles. The van der Waals surface area contributed by atoms with Crippen LogP contribution in [0.2, 0.25) is 0 Å². The van der Waals surface area contributed by atoms with Gasteiger partial charge in [0.2, 0.25) is 5.91 Å². The summed E-state index contributed by atoms with van der Waals surface area (Å²) >= 11 is 0. The summed E-state index contributed by atoms with van der Waals surface area (Å²) in [5.41, 5.74) is 1.30. The molecule has 150 valence electrons. The van der Waals surface area contributed by atoms with Gasteiger partial charge in [0.15, 0.2) is 0 Å². The van der Waals surface area contributed by atoms with Crippen LogP contribution in [-0.4, -0.2) is 56.0 Å². The Morgan fingerprint density at radius 1 is 0.964 bits per heavy atom. The zero-order valence-corrected chi connectivity index (χ0v) is 16.6. The third-order valence-electron chi connectivity index (χ3n) is 4.64. The van der Waals surface area contributed by atoms with Gasteiger partial charge in [0.1, 0.15) is 6.04 Å². The van der Waals surface area contributed by atoms with E-state index in [2.05, 4.69) is 20.9 Å². The number of nitrogens with one attached hydrogen (secondary N) is 3. The number of nitrogens with zero attached hydrogens (tertiary/aromatic N) is 1. The van der Waals surface area contributed by atoms with E-state index in [1.807, 2.05) is 36.4 Å². The lowest BCUT2D eigenvalue weighted by Gasteiger charge is -2.27. The largest absolute Gasteiger partial charge is 0.353 e. The van der Waals surface area contributed by atoms with Gasteiger partial charge in [-0.25, -0.2) is 0 Å². The molecule has 6 nitrogen and oxygen atoms in total. The van der Waals surface area contributed by atoms with Crippen LogP contribution in [0.15, 0.2) is 60.7 Å². The van der Waals surface area contributed by atoms with Crippen LogP contribution < -0.4 is 16.0 Å². The monoisotopic (exact) mass is 402 g/mol. The van der Waals surface area contributed by atoms with Crippen molar-refractivity contribution in [3.8, 4) is 0 Å². The van der Waals surface area contributed by atoms with Crippen LogP contribution in [0.3, 0.4) is 0 Å². The average Bonchev–Trinajstić information content (AvgIpc) is 2.74. The van der Waals surface area contributed by atoms with Crippen LogP contribution in [0.25, 0.3) is 0 Å². The smallest absolute Gasteiger partial charge is 0.252 e. The second-order valence-electron chi connectivity index (χ2n) is 6.57. The second kappa shape index (κ2) is 11.4. The molecule has 7 heteroatoms. The summed E-state index contributed by atoms with van der Waals surface area (Å²) in [4.78, 5) is 27.7. The normalized spacial score (nSPS) is 15.1. The lowest BCUT2D eigenvalue weighted by atomic mass is 10.1. The van der Waals surface area contributed by atoms with E-state index in [0.717, 1.165) is 38.3 Å². The van der Waals surface area contributed by atoms with Gasteiger partial charge in [-0.1, -0.05) is 48.5 Å². The molecular weight excluding hydrogens is 376 g/mol. The van der Waals surface area contributed by atoms with E-state index in [-0.39, 0.29) is 24.2 Å². The zero-order chi connectivity index (χ0) is 18.9. The number of carbonyl (C=O) groups excluding carboxylic acids is 2. The van der Waals surface area contributed by atoms with Gasteiger partial charge in [-0.05, 0) is 17.7 Å². The first kappa shape index (κ1) is 21.9. The fraction of sp³-hybridized carbons (Fsp3) is 0.333. The van der Waals surface area contributed by atoms with E-state index in [0.29, 0.717) is 12.1 Å². The van der Waals surface area contributed by atoms with E-state index < -0.39 is 6.04 Å². The highest BCUT2D eigenvalue weighted by molar-refractivity contribution is 5.97. The van der Waals surface area contributed by atoms with Crippen LogP contribution in [0.5, 0.6) is 0 Å². The number of amides is 2. The number of carbonyl (C=O) groups is 2. The molecule has 0 aromatic heterocycles. The third kappa shape index (κ3) is 6.34. The summed E-state index contributed by atoms with van der Waals surface area (Å²) < 4.78 is 0. The Hall–Kier alpha value is -2.41. The van der Waals surface area contributed by atoms with E-state index in [1.165, 1.54) is 0 Å². The van der Waals surface area contributed by atoms with Crippen molar-refractivity contribution in [2.75, 3.05) is 39.3 Å². The van der Waals surface area contributed by atoms with Crippen LogP contribution in [0.1, 0.15) is 22.0 Å². The fourth-order valence-corrected chi connectivity index (χ4v) is 3.12. The molecule has 0 saturated carbocycles. The van der Waals surface area contributed by atoms with Crippen LogP contribution in [-0.2, 0) is 4.79 Å². The molecule has 1 heterocycles. The topological polar surface area (TPSA) is 73.5 Å². The van der Waals surface area contributed by atoms with Gasteiger partial charge >= 0.3 is 0 Å². The minimum Gasteiger partial charge on any atom is -0.353 e. The van der Waals surface area contributed by atoms with Gasteiger partial charge in [0.05, 0.1) is 0 Å². The van der Waals surface area contributed by atoms with E-state index in [4.69, 9.17) is 0 Å². The minimum absolute atomic E-state index is 0. The van der Waals surface area contributed by atoms with E-state index in [9.17, 15) is 9.59 Å². The van der Waals surface area contributed by atoms with Gasteiger partial charge in [0, 0.05) is 44.8 Å². The highest BCUT2D eigenvalue weighted by Gasteiger charge is 2.23. The van der Waals surface area contributed by atoms with Crippen molar-refractivity contribution in [1.29, 1.82) is 0 Å². The molecule has 2 aromatic rings. The molecule has 2 amide bonds. The standard InChI is InChI=1S/C21H26N4O2.ClH/c26-20(18-9-5-2-6-10-18)24-19(17-7-3-1-4-8-17)21(27)23-13-16-25-14-11-22-12-15-25;/h1-10,19,22H,11-16H2,(H,23,27)(H,24,26);1H. The van der Waals surface area contributed by atoms with Crippen LogP contribution in [0.4, 0.5) is 0 Å². The molecule has 1 aliphatic rings. The van der Waals surface area contributed by atoms with Crippen molar-refractivity contribution < 1.29 is 9.59 Å². The summed E-state index contributed by atoms with van der Waals surface area (Å²) in [6, 6.07) is 17.5. The Kier molecular flexibility index (Phi) is 8.94. The predicted octanol–water partition coefficient (Wildman–Crippen LogP) is 1.60. The van der Waals surface area contributed by atoms with Crippen molar-refractivity contribution in [2.45, 2.75) is 6.04 Å². The molecule has 2 aromatic carbocycles. The molecule has 3 N–H and O–H groups in total. The summed E-state index contributed by atoms with van der Waals surface area (Å²) in [6.45, 7) is 5.30. The third-order valence-corrected chi connectivity index (χ3v) is 4.64. The Morgan fingerprint density at radius 2 is 1.57 bits per heavy atom. The maximum atomic E-state index is 12.8. The summed E-state index contributed by atoms with van der Waals surface area (Å²) in [6.07, 6.45) is 0. The molecule has 0 bridgehead atoms. The van der Waals surface area contributed by atoms with Crippen LogP contribution in [0, 0.1) is 0 Å². The quantitative estimate of drug-likeness (QED) is 0.657. The summed E-state index contributed by atoms with van der Waals surface area (Å²) in [5, 5.41) is 9.15. The summed E-state index contributed by atoms with van der Waals surface area (Å²) in [5.74, 6) is -0.456. The molecule has 1 atom stereocenters. The molecule has 1 aliphatic heterocycles. The molecule has 0 spiro atoms. The molecular formula is C21H27ClN4O2. The number of benzene rings is 2. The van der Waals surface area contributed by atoms with Crippen molar-refractivity contribution in [3.63, 3.8) is 0 Å². The van der Waals surface area contributed by atoms with E-state index in [1.54, 1.807) is 24.3 Å². The molecule has 1 fully saturated rings. The van der Waals surface area contributed by atoms with Crippen molar-refractivity contribution in [2.24, 2.45) is 0 Å². The summed E-state index contributed by atoms with van der Waals surface area (Å²) in [7, 11) is 0. The number of halogens is 1. The van der Waals surface area contributed by atoms with Gasteiger partial charge in [0.25, 0.3) is 5.91 Å². The predicted molar refractivity (Wildman–Crippen MR) is 113 cm³/mol. The number of piperazine rings is 1. The Labute approximate surface area is 172 Å². The first-order chi connectivity index (χ1) is 13.2. The Balaban J connectivity index is 0.00000280. The molecule has 28 heavy (non-hydrogen) atoms. The molecule has 0 radical (unpaired) electrons. The minimum atomic E-state index is -0.720. The van der Waals surface area contributed by atoms with E-state index >= 15 is 0 Å². The molecule has 3 rings (SSSR count). The van der Waals surface area contributed by atoms with Crippen LogP contribution >= 0.6 is 12.4 Å². The van der Waals surface area contributed by atoms with Gasteiger partial charge in [-0.15, -0.1) is 12.4 Å². The number of hydrogen-bond donors (Lipinski definition) is 3. The van der Waals surface area contributed by atoms with Crippen molar-refractivity contribution in [3.05, 3.63) is 71.8 Å². The van der Waals surface area contributed by atoms with Gasteiger partial charge in [-0.3, -0.25) is 14.5 Å². The second-order valence-corrected chi connectivity index (χ2v) is 6.57. The Bertz CT molecular complexity index is 737. The van der Waals surface area contributed by atoms with Crippen molar-refractivity contribution in [1.82, 2.24) is 20.9 Å². The SMILES string of the molecule is Cl.O=C(NC(C(=O)NCCN1CCNCC1)c1ccccc1)c1ccccc1. The fourth-order valence-electron chi connectivity index (χ4n) is 3.12. The lowest BCUT2D eigenvalue weighted by molar-refractivity contribution is -0.123. The number of rotatable bonds is 7. The maximum absolute atomic E-state index is 12.8. The average molecular weight is 403 g/mol. The number of hydrogen-bond acceptors (Lipinski definition) is 4. The maximum Gasteiger partial charge on any atom is 0.252 e. The molecule has 0 aliphatic carbocycles. The lowest BCUT2D eigenvalue weighted by Crippen LogP contribution is -2.47. The van der Waals surface area contributed by atoms with Gasteiger partial charge in [-0.2, -0.15) is 0 Å². The highest BCUT2D eigenvalue weighted by Crippen LogP contribution is 2.14. The van der Waals surface area contributed by atoms with Crippen molar-refractivity contribution >= 4 is 24.2 Å². The highest BCUT2D eigenvalue weighted by atomic mass is 35.5. The first-order valence-electron chi connectivity index (χ1n) is 9.35. The van der Waals surface area contributed by atoms with Gasteiger partial charge < -0.3 is 16.0 Å². The zero-order valence-electron chi connectivity index (χ0n) is 15.8. The Morgan fingerprint density at radius 3 is 2.21 bits per heavy atom. The first-order valence-corrected chi connectivity index (χ1v) is 9.35.